The monoisotopic (exact) mass is 560 g/mol. The summed E-state index contributed by atoms with van der Waals surface area (Å²) < 4.78 is 37.9. The van der Waals surface area contributed by atoms with Crippen LogP contribution in [-0.4, -0.2) is 31.6 Å². The molecule has 0 radical (unpaired) electrons. The molecule has 37 heavy (non-hydrogen) atoms. The fourth-order valence-electron chi connectivity index (χ4n) is 3.64. The summed E-state index contributed by atoms with van der Waals surface area (Å²) in [4.78, 5) is 18.5. The first-order chi connectivity index (χ1) is 17.6. The molecule has 0 aliphatic rings. The highest BCUT2D eigenvalue weighted by atomic mass is 35.5. The molecule has 0 unspecified atom stereocenters. The van der Waals surface area contributed by atoms with E-state index in [0.717, 1.165) is 17.3 Å². The molecule has 0 aliphatic heterocycles. The summed E-state index contributed by atoms with van der Waals surface area (Å²) in [5.74, 6) is 0.284. The van der Waals surface area contributed by atoms with Crippen LogP contribution in [0, 0.1) is 6.92 Å². The minimum atomic E-state index is -3.97. The lowest BCUT2D eigenvalue weighted by molar-refractivity contribution is -0.117. The maximum atomic E-state index is 13.1. The van der Waals surface area contributed by atoms with Gasteiger partial charge in [0, 0.05) is 29.3 Å². The highest BCUT2D eigenvalue weighted by molar-refractivity contribution is 7.92. The average molecular weight is 561 g/mol. The van der Waals surface area contributed by atoms with Crippen LogP contribution in [0.4, 0.5) is 17.3 Å². The van der Waals surface area contributed by atoms with Crippen LogP contribution in [0.3, 0.4) is 0 Å². The first-order valence-electron chi connectivity index (χ1n) is 11.0. The van der Waals surface area contributed by atoms with E-state index in [1.165, 1.54) is 36.5 Å². The molecule has 0 bridgehead atoms. The van der Waals surface area contributed by atoms with Crippen LogP contribution in [-0.2, 0) is 14.8 Å². The molecule has 0 saturated heterocycles. The molecule has 2 aromatic carbocycles. The van der Waals surface area contributed by atoms with Crippen molar-refractivity contribution < 1.29 is 22.5 Å². The van der Waals surface area contributed by atoms with Crippen molar-refractivity contribution in [3.05, 3.63) is 76.6 Å². The summed E-state index contributed by atoms with van der Waals surface area (Å²) in [5, 5.41) is 4.46. The van der Waals surface area contributed by atoms with E-state index in [1.807, 2.05) is 13.0 Å². The summed E-state index contributed by atoms with van der Waals surface area (Å²) in [6.45, 7) is 3.64. The Morgan fingerprint density at radius 1 is 1.11 bits per heavy atom. The Morgan fingerprint density at radius 2 is 1.89 bits per heavy atom. The molecular weight excluding hydrogens is 539 g/mol. The smallest absolute Gasteiger partial charge is 0.264 e. The number of sulfonamides is 1. The van der Waals surface area contributed by atoms with Gasteiger partial charge in [0.2, 0.25) is 5.91 Å². The van der Waals surface area contributed by atoms with Crippen molar-refractivity contribution in [3.63, 3.8) is 0 Å². The van der Waals surface area contributed by atoms with Gasteiger partial charge < -0.3 is 9.26 Å². The topological polar surface area (TPSA) is 115 Å². The van der Waals surface area contributed by atoms with Crippen LogP contribution in [0.5, 0.6) is 5.75 Å². The van der Waals surface area contributed by atoms with Crippen molar-refractivity contribution in [1.29, 1.82) is 0 Å². The van der Waals surface area contributed by atoms with Gasteiger partial charge in [-0.3, -0.25) is 14.4 Å². The first kappa shape index (κ1) is 26.5. The molecule has 0 atom stereocenters. The Kier molecular flexibility index (Phi) is 7.72. The number of ether oxygens (including phenoxy) is 1. The van der Waals surface area contributed by atoms with Gasteiger partial charge in [-0.2, -0.15) is 0 Å². The van der Waals surface area contributed by atoms with Crippen LogP contribution >= 0.6 is 23.2 Å². The Balaban J connectivity index is 1.76. The first-order valence-corrected chi connectivity index (χ1v) is 13.2. The molecule has 1 amide bonds. The number of nitrogens with one attached hydrogen (secondary N) is 1. The van der Waals surface area contributed by atoms with Crippen LogP contribution in [0.25, 0.3) is 11.1 Å². The van der Waals surface area contributed by atoms with Crippen molar-refractivity contribution in [1.82, 2.24) is 10.1 Å². The fourth-order valence-corrected chi connectivity index (χ4v) is 5.01. The molecule has 0 saturated carbocycles. The third-order valence-corrected chi connectivity index (χ3v) is 7.38. The number of aryl methyl sites for hydroxylation is 1. The van der Waals surface area contributed by atoms with E-state index in [1.54, 1.807) is 31.2 Å². The molecule has 0 aliphatic carbocycles. The van der Waals surface area contributed by atoms with Gasteiger partial charge in [0.05, 0.1) is 17.8 Å². The standard InChI is InChI=1S/C25H22Cl2N4O5S/c1-4-25(32)31(24-8-7-17(14-28-24)37(33,34)30-23-9-10-36-29-23)21-13-20(27)19(12-22(21)35-3)18-11-16(26)6-5-15(18)2/h5-14H,4H2,1-3H3,(H,29,30). The second-order valence-electron chi connectivity index (χ2n) is 7.89. The number of aromatic nitrogens is 2. The van der Waals surface area contributed by atoms with Gasteiger partial charge in [-0.25, -0.2) is 13.4 Å². The Hall–Kier alpha value is -3.60. The van der Waals surface area contributed by atoms with Gasteiger partial charge in [0.1, 0.15) is 22.7 Å². The second kappa shape index (κ2) is 10.8. The van der Waals surface area contributed by atoms with Crippen LogP contribution in [0.1, 0.15) is 18.9 Å². The predicted molar refractivity (Wildman–Crippen MR) is 142 cm³/mol. The van der Waals surface area contributed by atoms with Gasteiger partial charge >= 0.3 is 0 Å². The minimum Gasteiger partial charge on any atom is -0.495 e. The lowest BCUT2D eigenvalue weighted by Gasteiger charge is -2.25. The highest BCUT2D eigenvalue weighted by Gasteiger charge is 2.25. The number of halogens is 2. The lowest BCUT2D eigenvalue weighted by atomic mass is 9.99. The number of anilines is 3. The second-order valence-corrected chi connectivity index (χ2v) is 10.4. The molecule has 12 heteroatoms. The molecule has 0 spiro atoms. The summed E-state index contributed by atoms with van der Waals surface area (Å²) in [5.41, 5.74) is 2.81. The van der Waals surface area contributed by atoms with E-state index in [4.69, 9.17) is 27.9 Å². The van der Waals surface area contributed by atoms with Crippen LogP contribution in [0.15, 0.2) is 70.4 Å². The quantitative estimate of drug-likeness (QED) is 0.271. The SMILES string of the molecule is CCC(=O)N(c1ccc(S(=O)(=O)Nc2ccon2)cn1)c1cc(Cl)c(-c2cc(Cl)ccc2C)cc1OC. The van der Waals surface area contributed by atoms with Gasteiger partial charge in [-0.15, -0.1) is 0 Å². The molecule has 2 aromatic heterocycles. The molecule has 1 N–H and O–H groups in total. The van der Waals surface area contributed by atoms with Crippen molar-refractivity contribution in [2.45, 2.75) is 25.2 Å². The van der Waals surface area contributed by atoms with E-state index in [2.05, 4.69) is 19.4 Å². The summed E-state index contributed by atoms with van der Waals surface area (Å²) in [6.07, 6.45) is 2.53. The molecule has 9 nitrogen and oxygen atoms in total. The van der Waals surface area contributed by atoms with Crippen molar-refractivity contribution >= 4 is 56.5 Å². The number of amides is 1. The van der Waals surface area contributed by atoms with E-state index in [-0.39, 0.29) is 28.9 Å². The predicted octanol–water partition coefficient (Wildman–Crippen LogP) is 6.24. The van der Waals surface area contributed by atoms with Gasteiger partial charge in [-0.05, 0) is 54.4 Å². The zero-order valence-corrected chi connectivity index (χ0v) is 22.4. The Labute approximate surface area is 224 Å². The summed E-state index contributed by atoms with van der Waals surface area (Å²) in [7, 11) is -2.49. The third-order valence-electron chi connectivity index (χ3n) is 5.49. The van der Waals surface area contributed by atoms with E-state index in [9.17, 15) is 13.2 Å². The number of benzene rings is 2. The zero-order chi connectivity index (χ0) is 26.7. The Bertz CT molecular complexity index is 1540. The maximum absolute atomic E-state index is 13.1. The maximum Gasteiger partial charge on any atom is 0.264 e. The van der Waals surface area contributed by atoms with Crippen LogP contribution < -0.4 is 14.4 Å². The number of hydrogen-bond donors (Lipinski definition) is 1. The molecule has 4 aromatic rings. The van der Waals surface area contributed by atoms with Crippen molar-refractivity contribution in [2.24, 2.45) is 0 Å². The average Bonchev–Trinajstić information content (AvgIpc) is 3.38. The summed E-state index contributed by atoms with van der Waals surface area (Å²) in [6, 6.07) is 12.9. The minimum absolute atomic E-state index is 0.0290. The normalized spacial score (nSPS) is 11.3. The largest absolute Gasteiger partial charge is 0.495 e. The van der Waals surface area contributed by atoms with E-state index in [0.29, 0.717) is 27.0 Å². The molecule has 4 rings (SSSR count). The lowest BCUT2D eigenvalue weighted by Crippen LogP contribution is -2.26. The number of rotatable bonds is 8. The molecular formula is C25H22Cl2N4O5S. The number of nitrogens with zero attached hydrogens (tertiary/aromatic N) is 3. The zero-order valence-electron chi connectivity index (χ0n) is 20.0. The van der Waals surface area contributed by atoms with Crippen LogP contribution in [0.2, 0.25) is 10.0 Å². The highest BCUT2D eigenvalue weighted by Crippen LogP contribution is 2.42. The van der Waals surface area contributed by atoms with Gasteiger partial charge in [-0.1, -0.05) is 41.3 Å². The van der Waals surface area contributed by atoms with E-state index < -0.39 is 10.0 Å². The number of methoxy groups -OCH3 is 1. The van der Waals surface area contributed by atoms with Gasteiger partial charge in [0.25, 0.3) is 10.0 Å². The number of carbonyl (C=O) groups is 1. The van der Waals surface area contributed by atoms with Gasteiger partial charge in [0.15, 0.2) is 5.82 Å². The summed E-state index contributed by atoms with van der Waals surface area (Å²) >= 11 is 12.9. The Morgan fingerprint density at radius 3 is 2.51 bits per heavy atom. The number of carbonyl (C=O) groups excluding carboxylic acids is 1. The third kappa shape index (κ3) is 5.56. The number of hydrogen-bond acceptors (Lipinski definition) is 7. The molecule has 192 valence electrons. The fraction of sp³-hybridized carbons (Fsp3) is 0.160. The van der Waals surface area contributed by atoms with Crippen molar-refractivity contribution in [3.8, 4) is 16.9 Å². The molecule has 0 fully saturated rings. The number of pyridine rings is 1. The van der Waals surface area contributed by atoms with Crippen molar-refractivity contribution in [2.75, 3.05) is 16.7 Å². The molecule has 2 heterocycles. The van der Waals surface area contributed by atoms with E-state index >= 15 is 0 Å².